The summed E-state index contributed by atoms with van der Waals surface area (Å²) in [6, 6.07) is 16.2. The van der Waals surface area contributed by atoms with E-state index in [0.717, 1.165) is 78.5 Å². The number of thiazole rings is 2. The monoisotopic (exact) mass is 630 g/mol. The topological polar surface area (TPSA) is 162 Å². The van der Waals surface area contributed by atoms with Crippen LogP contribution in [-0.4, -0.2) is 30.6 Å². The van der Waals surface area contributed by atoms with Crippen LogP contribution >= 0.6 is 22.7 Å². The fourth-order valence-corrected chi connectivity index (χ4v) is 5.11. The minimum atomic E-state index is -5.17. The highest BCUT2D eigenvalue weighted by Gasteiger charge is 2.10. The summed E-state index contributed by atoms with van der Waals surface area (Å²) in [5.41, 5.74) is 3.93. The summed E-state index contributed by atoms with van der Waals surface area (Å²) in [6.07, 6.45) is 7.47. The Kier molecular flexibility index (Phi) is 13.6. The Morgan fingerprint density at radius 2 is 1.05 bits per heavy atom. The molecule has 0 radical (unpaired) electrons. The van der Waals surface area contributed by atoms with E-state index >= 15 is 0 Å². The van der Waals surface area contributed by atoms with Crippen LogP contribution in [0.3, 0.4) is 0 Å². The summed E-state index contributed by atoms with van der Waals surface area (Å²) in [6.45, 7) is 7.90. The van der Waals surface area contributed by atoms with Crippen LogP contribution in [0, 0.1) is 0 Å². The maximum absolute atomic E-state index is 8.52. The summed E-state index contributed by atoms with van der Waals surface area (Å²) >= 11 is 3.19. The molecule has 2 aromatic heterocycles. The first-order chi connectivity index (χ1) is 20.2. The minimum absolute atomic E-state index is 0.857. The maximum atomic E-state index is 8.52. The SMILES string of the molecule is CC[n+]1ccsc1N=Nc1ccc(NCCCCCNc2ccc(N=Nc3scc[n+]3CC)cc2)cc1.O=S(=O)([O-])[O-]. The number of hydrogen-bond acceptors (Lipinski definition) is 12. The van der Waals surface area contributed by atoms with E-state index in [1.165, 1.54) is 0 Å². The van der Waals surface area contributed by atoms with Gasteiger partial charge in [-0.05, 0) is 115 Å². The van der Waals surface area contributed by atoms with Crippen molar-refractivity contribution >= 4 is 66.1 Å². The third-order valence-electron chi connectivity index (χ3n) is 5.75. The molecule has 0 bridgehead atoms. The van der Waals surface area contributed by atoms with Gasteiger partial charge in [0.1, 0.15) is 23.8 Å². The Hall–Kier alpha value is -3.63. The van der Waals surface area contributed by atoms with Crippen LogP contribution in [0.25, 0.3) is 0 Å². The third-order valence-corrected chi connectivity index (χ3v) is 7.32. The van der Waals surface area contributed by atoms with Gasteiger partial charge in [-0.25, -0.2) is 9.13 Å². The van der Waals surface area contributed by atoms with Crippen molar-refractivity contribution in [3.8, 4) is 0 Å². The van der Waals surface area contributed by atoms with E-state index in [0.29, 0.717) is 0 Å². The van der Waals surface area contributed by atoms with Gasteiger partial charge in [-0.3, -0.25) is 8.42 Å². The summed E-state index contributed by atoms with van der Waals surface area (Å²) in [5, 5.41) is 30.3. The normalized spacial score (nSPS) is 11.5. The largest absolute Gasteiger partial charge is 0.759 e. The molecule has 0 unspecified atom stereocenters. The average molecular weight is 631 g/mol. The molecule has 224 valence electrons. The first-order valence-electron chi connectivity index (χ1n) is 13.4. The third kappa shape index (κ3) is 12.5. The fourth-order valence-electron chi connectivity index (χ4n) is 3.62. The predicted octanol–water partition coefficient (Wildman–Crippen LogP) is 6.61. The smallest absolute Gasteiger partial charge is 0.408 e. The zero-order valence-corrected chi connectivity index (χ0v) is 25.9. The first-order valence-corrected chi connectivity index (χ1v) is 16.5. The minimum Gasteiger partial charge on any atom is -0.759 e. The zero-order valence-electron chi connectivity index (χ0n) is 23.4. The summed E-state index contributed by atoms with van der Waals surface area (Å²) in [5.74, 6) is 0. The lowest BCUT2D eigenvalue weighted by Crippen LogP contribution is -2.28. The zero-order chi connectivity index (χ0) is 30.2. The van der Waals surface area contributed by atoms with Gasteiger partial charge in [0.15, 0.2) is 0 Å². The van der Waals surface area contributed by atoms with E-state index in [1.807, 2.05) is 47.4 Å². The van der Waals surface area contributed by atoms with Crippen molar-refractivity contribution in [3.63, 3.8) is 0 Å². The van der Waals surface area contributed by atoms with Gasteiger partial charge in [0.05, 0.1) is 23.3 Å². The van der Waals surface area contributed by atoms with Crippen LogP contribution in [-0.2, 0) is 23.5 Å². The summed E-state index contributed by atoms with van der Waals surface area (Å²) in [7, 11) is -5.17. The number of nitrogens with one attached hydrogen (secondary N) is 2. The molecule has 4 rings (SSSR count). The number of azo groups is 2. The van der Waals surface area contributed by atoms with Crippen LogP contribution in [0.5, 0.6) is 0 Å². The lowest BCUT2D eigenvalue weighted by atomic mass is 10.2. The standard InChI is InChI=1S/C27H32N8S2.H2O4S/c1-3-34-18-20-36-26(34)32-30-24-12-8-22(9-13-24)28-16-6-5-7-17-29-23-10-14-25(15-11-23)31-33-27-35(4-2)19-21-37-27;1-5(2,3)4/h8-15,18-21H,3-7,16-17H2,1-2H3;(H2,1,2,3,4). The van der Waals surface area contributed by atoms with Gasteiger partial charge in [-0.2, -0.15) is 0 Å². The van der Waals surface area contributed by atoms with Crippen LogP contribution in [0.2, 0.25) is 0 Å². The predicted molar refractivity (Wildman–Crippen MR) is 163 cm³/mol. The number of unbranched alkanes of at least 4 members (excludes halogenated alkanes) is 2. The molecule has 0 aliphatic heterocycles. The number of nitrogens with zero attached hydrogens (tertiary/aromatic N) is 6. The van der Waals surface area contributed by atoms with Gasteiger partial charge in [-0.15, -0.1) is 0 Å². The second kappa shape index (κ2) is 17.4. The van der Waals surface area contributed by atoms with Gasteiger partial charge in [0, 0.05) is 45.6 Å². The molecule has 0 spiro atoms. The first kappa shape index (κ1) is 32.9. The molecule has 0 fully saturated rings. The molecular weight excluding hydrogens is 597 g/mol. The summed E-state index contributed by atoms with van der Waals surface area (Å²) in [4.78, 5) is 0. The molecule has 12 nitrogen and oxygen atoms in total. The van der Waals surface area contributed by atoms with Crippen molar-refractivity contribution in [1.29, 1.82) is 0 Å². The Balaban J connectivity index is 0.000000892. The number of anilines is 2. The van der Waals surface area contributed by atoms with Crippen molar-refractivity contribution < 1.29 is 26.7 Å². The molecule has 2 aromatic carbocycles. The van der Waals surface area contributed by atoms with Crippen molar-refractivity contribution in [1.82, 2.24) is 0 Å². The molecule has 42 heavy (non-hydrogen) atoms. The lowest BCUT2D eigenvalue weighted by molar-refractivity contribution is -0.677. The molecule has 2 heterocycles. The highest BCUT2D eigenvalue weighted by Crippen LogP contribution is 2.22. The maximum Gasteiger partial charge on any atom is 0.408 e. The molecule has 0 aliphatic rings. The van der Waals surface area contributed by atoms with Crippen LogP contribution in [0.4, 0.5) is 33.0 Å². The Labute approximate surface area is 254 Å². The van der Waals surface area contributed by atoms with E-state index in [-0.39, 0.29) is 0 Å². The number of rotatable bonds is 14. The number of hydrogen-bond donors (Lipinski definition) is 2. The second-order valence-electron chi connectivity index (χ2n) is 8.76. The van der Waals surface area contributed by atoms with E-state index in [2.05, 4.69) is 78.3 Å². The molecule has 0 amide bonds. The number of benzene rings is 2. The van der Waals surface area contributed by atoms with E-state index in [1.54, 1.807) is 22.7 Å². The molecule has 0 saturated carbocycles. The molecule has 15 heteroatoms. The Morgan fingerprint density at radius 3 is 1.40 bits per heavy atom. The fraction of sp³-hybridized carbons (Fsp3) is 0.333. The van der Waals surface area contributed by atoms with Crippen molar-refractivity contribution in [2.75, 3.05) is 23.7 Å². The van der Waals surface area contributed by atoms with E-state index in [4.69, 9.17) is 17.5 Å². The van der Waals surface area contributed by atoms with Gasteiger partial charge in [0.25, 0.3) is 0 Å². The quantitative estimate of drug-likeness (QED) is 0.0524. The highest BCUT2D eigenvalue weighted by atomic mass is 32.3. The van der Waals surface area contributed by atoms with Crippen LogP contribution in [0.1, 0.15) is 33.1 Å². The Morgan fingerprint density at radius 1 is 0.667 bits per heavy atom. The van der Waals surface area contributed by atoms with Gasteiger partial charge >= 0.3 is 10.3 Å². The molecular formula is C27H34N8O4S3. The lowest BCUT2D eigenvalue weighted by Gasteiger charge is -2.08. The van der Waals surface area contributed by atoms with Crippen molar-refractivity contribution in [2.45, 2.75) is 46.2 Å². The molecule has 0 saturated heterocycles. The number of aryl methyl sites for hydroxylation is 2. The molecule has 4 aromatic rings. The average Bonchev–Trinajstić information content (AvgIpc) is 3.63. The van der Waals surface area contributed by atoms with E-state index < -0.39 is 10.4 Å². The Bertz CT molecular complexity index is 1410. The second-order valence-corrected chi connectivity index (χ2v) is 11.3. The van der Waals surface area contributed by atoms with Crippen LogP contribution in [0.15, 0.2) is 92.1 Å². The molecule has 0 atom stereocenters. The van der Waals surface area contributed by atoms with Gasteiger partial charge in [0.2, 0.25) is 0 Å². The molecule has 2 N–H and O–H groups in total. The van der Waals surface area contributed by atoms with Gasteiger partial charge in [-0.1, -0.05) is 0 Å². The number of aromatic nitrogens is 2. The van der Waals surface area contributed by atoms with E-state index in [9.17, 15) is 0 Å². The van der Waals surface area contributed by atoms with Crippen molar-refractivity contribution in [2.24, 2.45) is 20.5 Å². The summed E-state index contributed by atoms with van der Waals surface area (Å²) < 4.78 is 38.2. The van der Waals surface area contributed by atoms with Gasteiger partial charge < -0.3 is 19.7 Å². The molecule has 0 aliphatic carbocycles. The highest BCUT2D eigenvalue weighted by molar-refractivity contribution is 7.79. The van der Waals surface area contributed by atoms with Crippen molar-refractivity contribution in [3.05, 3.63) is 71.7 Å². The van der Waals surface area contributed by atoms with Crippen LogP contribution < -0.4 is 19.8 Å².